The third-order valence-electron chi connectivity index (χ3n) is 10.1. The van der Waals surface area contributed by atoms with Crippen LogP contribution in [-0.2, 0) is 24.6 Å². The van der Waals surface area contributed by atoms with Crippen LogP contribution >= 0.6 is 0 Å². The lowest BCUT2D eigenvalue weighted by molar-refractivity contribution is -0.175. The van der Waals surface area contributed by atoms with E-state index >= 15 is 0 Å². The number of benzene rings is 3. The van der Waals surface area contributed by atoms with E-state index in [1.54, 1.807) is 38.9 Å². The number of esters is 1. The SMILES string of the molecule is COc1ccc(C(OC[C@@]23CN(c4ncccn4)[C@@H]([C@H](n4cc(C)c(-n5cncn5)nc4=O)O2)[C@@H]3OC(C)=O)(c2ccccc2)c2ccc(OC)cc2)cc1. The van der Waals surface area contributed by atoms with E-state index in [9.17, 15) is 9.59 Å². The summed E-state index contributed by atoms with van der Waals surface area (Å²) in [6.07, 6.45) is 5.83. The Kier molecular flexibility index (Phi) is 9.32. The molecule has 0 spiro atoms. The van der Waals surface area contributed by atoms with Gasteiger partial charge in [-0.15, -0.1) is 0 Å². The number of nitrogens with zero attached hydrogens (tertiary/aromatic N) is 8. The standard InChI is InChI=1S/C40H38N8O7/c1-26-21-46(38(50)45-35(26)48-25-41-24-44-48)36-33-34(54-27(2)49)39(55-36,22-47(33)37-42-19-8-20-43-37)23-53-40(28-9-6-5-7-10-28,29-11-15-31(51-3)16-12-29)30-13-17-32(52-4)18-14-30/h5-21,24-25,33-34,36H,22-23H2,1-4H3/t33-,34+,36-,39-/m1/s1. The van der Waals surface area contributed by atoms with Crippen LogP contribution in [0.5, 0.6) is 11.5 Å². The van der Waals surface area contributed by atoms with Crippen molar-refractivity contribution in [2.75, 3.05) is 32.3 Å². The van der Waals surface area contributed by atoms with Gasteiger partial charge in [0, 0.05) is 31.1 Å². The van der Waals surface area contributed by atoms with Crippen molar-refractivity contribution in [3.8, 4) is 17.3 Å². The maximum absolute atomic E-state index is 13.9. The maximum Gasteiger partial charge on any atom is 0.351 e. The van der Waals surface area contributed by atoms with Gasteiger partial charge in [0.15, 0.2) is 23.8 Å². The number of rotatable bonds is 12. The van der Waals surface area contributed by atoms with Gasteiger partial charge in [0.1, 0.15) is 35.8 Å². The largest absolute Gasteiger partial charge is 0.497 e. The molecule has 2 fully saturated rings. The Hall–Kier alpha value is -6.45. The molecule has 0 saturated carbocycles. The van der Waals surface area contributed by atoms with E-state index in [0.717, 1.165) is 16.7 Å². The minimum atomic E-state index is -1.34. The lowest BCUT2D eigenvalue weighted by Crippen LogP contribution is -2.52. The highest BCUT2D eigenvalue weighted by molar-refractivity contribution is 5.67. The Morgan fingerprint density at radius 1 is 0.909 bits per heavy atom. The lowest BCUT2D eigenvalue weighted by Gasteiger charge is -2.41. The lowest BCUT2D eigenvalue weighted by atomic mass is 9.79. The summed E-state index contributed by atoms with van der Waals surface area (Å²) in [5.41, 5.74) is -0.0907. The highest BCUT2D eigenvalue weighted by Gasteiger charge is 2.68. The number of aryl methyl sites for hydroxylation is 1. The topological polar surface area (TPSA) is 158 Å². The first-order chi connectivity index (χ1) is 26.8. The molecular weight excluding hydrogens is 704 g/mol. The summed E-state index contributed by atoms with van der Waals surface area (Å²) in [6, 6.07) is 26.2. The van der Waals surface area contributed by atoms with Crippen LogP contribution in [0.15, 0.2) is 121 Å². The van der Waals surface area contributed by atoms with Gasteiger partial charge >= 0.3 is 11.7 Å². The van der Waals surface area contributed by atoms with E-state index in [1.165, 1.54) is 28.8 Å². The molecule has 5 heterocycles. The Morgan fingerprint density at radius 3 is 2.13 bits per heavy atom. The minimum Gasteiger partial charge on any atom is -0.497 e. The number of carbonyl (C=O) groups excluding carboxylic acids is 1. The van der Waals surface area contributed by atoms with Crippen LogP contribution in [-0.4, -0.2) is 85.4 Å². The maximum atomic E-state index is 13.9. The summed E-state index contributed by atoms with van der Waals surface area (Å²) in [5, 5.41) is 4.15. The van der Waals surface area contributed by atoms with Gasteiger partial charge in [-0.25, -0.2) is 24.4 Å². The zero-order valence-electron chi connectivity index (χ0n) is 30.6. The summed E-state index contributed by atoms with van der Waals surface area (Å²) in [4.78, 5) is 46.2. The van der Waals surface area contributed by atoms with Gasteiger partial charge in [0.05, 0.1) is 27.4 Å². The summed E-state index contributed by atoms with van der Waals surface area (Å²) in [5.74, 6) is 1.53. The molecule has 2 aliphatic rings. The molecule has 55 heavy (non-hydrogen) atoms. The number of hydrogen-bond acceptors (Lipinski definition) is 13. The van der Waals surface area contributed by atoms with E-state index in [-0.39, 0.29) is 13.2 Å². The fourth-order valence-electron chi connectivity index (χ4n) is 7.65. The zero-order chi connectivity index (χ0) is 38.2. The molecule has 15 heteroatoms. The first-order valence-corrected chi connectivity index (χ1v) is 17.6. The van der Waals surface area contributed by atoms with Gasteiger partial charge in [-0.2, -0.15) is 10.1 Å². The third-order valence-corrected chi connectivity index (χ3v) is 10.1. The number of aromatic nitrogens is 7. The van der Waals surface area contributed by atoms with Gasteiger partial charge in [-0.1, -0.05) is 54.6 Å². The number of morpholine rings is 1. The summed E-state index contributed by atoms with van der Waals surface area (Å²) in [7, 11) is 3.23. The van der Waals surface area contributed by atoms with E-state index in [2.05, 4.69) is 25.0 Å². The quantitative estimate of drug-likeness (QED) is 0.131. The molecule has 0 radical (unpaired) electrons. The van der Waals surface area contributed by atoms with Crippen molar-refractivity contribution in [1.29, 1.82) is 0 Å². The fraction of sp³-hybridized carbons (Fsp3) is 0.275. The van der Waals surface area contributed by atoms with E-state index in [0.29, 0.717) is 28.8 Å². The van der Waals surface area contributed by atoms with Gasteiger partial charge in [-0.3, -0.25) is 9.36 Å². The Labute approximate surface area is 316 Å². The third kappa shape index (κ3) is 6.26. The number of ether oxygens (including phenoxy) is 5. The molecule has 6 aromatic rings. The number of anilines is 1. The monoisotopic (exact) mass is 742 g/mol. The summed E-state index contributed by atoms with van der Waals surface area (Å²) >= 11 is 0. The number of methoxy groups -OCH3 is 2. The molecule has 3 aromatic carbocycles. The summed E-state index contributed by atoms with van der Waals surface area (Å²) < 4.78 is 34.4. The molecule has 0 amide bonds. The molecule has 15 nitrogen and oxygen atoms in total. The molecule has 2 saturated heterocycles. The number of hydrogen-bond donors (Lipinski definition) is 0. The van der Waals surface area contributed by atoms with Gasteiger partial charge in [0.25, 0.3) is 0 Å². The van der Waals surface area contributed by atoms with Crippen molar-refractivity contribution >= 4 is 11.9 Å². The predicted molar refractivity (Wildman–Crippen MR) is 198 cm³/mol. The van der Waals surface area contributed by atoms with Crippen LogP contribution in [0, 0.1) is 6.92 Å². The van der Waals surface area contributed by atoms with Crippen molar-refractivity contribution in [3.05, 3.63) is 149 Å². The fourth-order valence-corrected chi connectivity index (χ4v) is 7.65. The molecule has 0 unspecified atom stereocenters. The van der Waals surface area contributed by atoms with Crippen molar-refractivity contribution in [2.24, 2.45) is 0 Å². The highest BCUT2D eigenvalue weighted by Crippen LogP contribution is 2.51. The predicted octanol–water partition coefficient (Wildman–Crippen LogP) is 4.04. The second-order valence-corrected chi connectivity index (χ2v) is 13.3. The molecular formula is C40H38N8O7. The van der Waals surface area contributed by atoms with Crippen LogP contribution in [0.1, 0.15) is 35.4 Å². The van der Waals surface area contributed by atoms with E-state index in [1.807, 2.05) is 90.7 Å². The Morgan fingerprint density at radius 2 is 1.55 bits per heavy atom. The average molecular weight is 743 g/mol. The van der Waals surface area contributed by atoms with Crippen molar-refractivity contribution in [3.63, 3.8) is 0 Å². The molecule has 4 atom stereocenters. The molecule has 8 rings (SSSR count). The molecule has 3 aromatic heterocycles. The van der Waals surface area contributed by atoms with Crippen LogP contribution in [0.4, 0.5) is 5.95 Å². The van der Waals surface area contributed by atoms with Crippen LogP contribution in [0.3, 0.4) is 0 Å². The highest BCUT2D eigenvalue weighted by atomic mass is 16.6. The summed E-state index contributed by atoms with van der Waals surface area (Å²) in [6.45, 7) is 3.22. The van der Waals surface area contributed by atoms with E-state index < -0.39 is 41.2 Å². The van der Waals surface area contributed by atoms with Gasteiger partial charge in [-0.05, 0) is 53.9 Å². The van der Waals surface area contributed by atoms with E-state index in [4.69, 9.17) is 23.7 Å². The second kappa shape index (κ2) is 14.4. The van der Waals surface area contributed by atoms with Gasteiger partial charge < -0.3 is 28.6 Å². The smallest absolute Gasteiger partial charge is 0.351 e. The molecule has 0 N–H and O–H groups in total. The van der Waals surface area contributed by atoms with Crippen molar-refractivity contribution in [1.82, 2.24) is 34.3 Å². The Balaban J connectivity index is 1.28. The van der Waals surface area contributed by atoms with Crippen LogP contribution in [0.2, 0.25) is 0 Å². The molecule has 0 aliphatic carbocycles. The van der Waals surface area contributed by atoms with Crippen LogP contribution in [0.25, 0.3) is 5.82 Å². The second-order valence-electron chi connectivity index (χ2n) is 13.3. The molecule has 2 bridgehead atoms. The average Bonchev–Trinajstić information content (AvgIpc) is 3.94. The van der Waals surface area contributed by atoms with Gasteiger partial charge in [0.2, 0.25) is 5.95 Å². The first kappa shape index (κ1) is 35.6. The number of carbonyl (C=O) groups is 1. The molecule has 280 valence electrons. The zero-order valence-corrected chi connectivity index (χ0v) is 30.6. The molecule has 2 aliphatic heterocycles. The van der Waals surface area contributed by atoms with Crippen molar-refractivity contribution < 1.29 is 28.5 Å². The Bertz CT molecular complexity index is 2280. The number of fused-ring (bicyclic) bond motifs is 2. The minimum absolute atomic E-state index is 0.105. The van der Waals surface area contributed by atoms with Crippen LogP contribution < -0.4 is 20.1 Å². The normalized spacial score (nSPS) is 20.4. The first-order valence-electron chi connectivity index (χ1n) is 17.6. The van der Waals surface area contributed by atoms with Crippen molar-refractivity contribution in [2.45, 2.75) is 43.4 Å².